The molecule has 1 aliphatic carbocycles. The highest BCUT2D eigenvalue weighted by molar-refractivity contribution is 5.28. The fourth-order valence-corrected chi connectivity index (χ4v) is 2.42. The van der Waals surface area contributed by atoms with E-state index in [0.717, 1.165) is 11.5 Å². The molecule has 0 saturated heterocycles. The van der Waals surface area contributed by atoms with E-state index in [1.54, 1.807) is 0 Å². The first-order chi connectivity index (χ1) is 9.26. The van der Waals surface area contributed by atoms with E-state index in [-0.39, 0.29) is 0 Å². The van der Waals surface area contributed by atoms with Crippen LogP contribution in [0.5, 0.6) is 0 Å². The number of aliphatic hydroxyl groups excluding tert-OH is 1. The Hall–Kier alpha value is -0.900. The summed E-state index contributed by atoms with van der Waals surface area (Å²) in [7, 11) is 0. The summed E-state index contributed by atoms with van der Waals surface area (Å²) in [6.45, 7) is 4.86. The smallest absolute Gasteiger partial charge is 0.187 e. The Labute approximate surface area is 115 Å². The van der Waals surface area contributed by atoms with Crippen molar-refractivity contribution in [1.82, 2.24) is 0 Å². The number of hydrogen-bond donors (Lipinski definition) is 1. The summed E-state index contributed by atoms with van der Waals surface area (Å²) in [6.07, 6.45) is 2.62. The van der Waals surface area contributed by atoms with E-state index in [1.165, 1.54) is 24.8 Å². The molecule has 0 bridgehead atoms. The third kappa shape index (κ3) is 3.56. The Morgan fingerprint density at radius 2 is 1.68 bits per heavy atom. The molecule has 0 aromatic heterocycles. The highest BCUT2D eigenvalue weighted by atomic mass is 16.7. The van der Waals surface area contributed by atoms with Crippen LogP contribution >= 0.6 is 0 Å². The van der Waals surface area contributed by atoms with Gasteiger partial charge in [0, 0.05) is 13.2 Å². The Bertz CT molecular complexity index is 364. The van der Waals surface area contributed by atoms with Crippen LogP contribution in [0.2, 0.25) is 0 Å². The van der Waals surface area contributed by atoms with E-state index in [4.69, 9.17) is 9.47 Å². The van der Waals surface area contributed by atoms with Gasteiger partial charge in [0.05, 0.1) is 0 Å². The van der Waals surface area contributed by atoms with Crippen LogP contribution in [0, 0.1) is 0 Å². The van der Waals surface area contributed by atoms with Crippen molar-refractivity contribution in [1.29, 1.82) is 0 Å². The van der Waals surface area contributed by atoms with Gasteiger partial charge in [-0.25, -0.2) is 0 Å². The molecule has 1 aromatic rings. The second kappa shape index (κ2) is 7.04. The number of rotatable bonds is 7. The van der Waals surface area contributed by atoms with Crippen molar-refractivity contribution >= 4 is 0 Å². The fourth-order valence-electron chi connectivity index (χ4n) is 2.42. The average molecular weight is 264 g/mol. The Balaban J connectivity index is 2.02. The highest BCUT2D eigenvalue weighted by Gasteiger charge is 2.23. The fraction of sp³-hybridized carbons (Fsp3) is 0.625. The SMILES string of the molecule is CCOC(OCC)C(O)c1ccc(C2CCC2)cc1. The zero-order valence-electron chi connectivity index (χ0n) is 11.8. The summed E-state index contributed by atoms with van der Waals surface area (Å²) in [6, 6.07) is 8.22. The molecular weight excluding hydrogens is 240 g/mol. The van der Waals surface area contributed by atoms with E-state index in [2.05, 4.69) is 12.1 Å². The lowest BCUT2D eigenvalue weighted by molar-refractivity contribution is -0.191. The first kappa shape index (κ1) is 14.5. The van der Waals surface area contributed by atoms with Gasteiger partial charge in [-0.1, -0.05) is 30.7 Å². The van der Waals surface area contributed by atoms with Gasteiger partial charge in [0.15, 0.2) is 6.29 Å². The van der Waals surface area contributed by atoms with Crippen LogP contribution in [-0.2, 0) is 9.47 Å². The maximum atomic E-state index is 10.3. The van der Waals surface area contributed by atoms with E-state index in [0.29, 0.717) is 13.2 Å². The van der Waals surface area contributed by atoms with Crippen molar-refractivity contribution in [3.63, 3.8) is 0 Å². The largest absolute Gasteiger partial charge is 0.383 e. The van der Waals surface area contributed by atoms with Crippen molar-refractivity contribution in [2.24, 2.45) is 0 Å². The van der Waals surface area contributed by atoms with Crippen LogP contribution in [0.1, 0.15) is 56.3 Å². The lowest BCUT2D eigenvalue weighted by Crippen LogP contribution is -2.25. The van der Waals surface area contributed by atoms with Crippen LogP contribution < -0.4 is 0 Å². The van der Waals surface area contributed by atoms with Crippen LogP contribution in [0.4, 0.5) is 0 Å². The van der Waals surface area contributed by atoms with Crippen molar-refractivity contribution in [2.75, 3.05) is 13.2 Å². The molecule has 0 aliphatic heterocycles. The van der Waals surface area contributed by atoms with Gasteiger partial charge < -0.3 is 14.6 Å². The molecule has 106 valence electrons. The molecule has 1 fully saturated rings. The van der Waals surface area contributed by atoms with Crippen LogP contribution in [0.25, 0.3) is 0 Å². The molecule has 0 spiro atoms. The lowest BCUT2D eigenvalue weighted by atomic mass is 9.80. The van der Waals surface area contributed by atoms with E-state index >= 15 is 0 Å². The molecule has 1 N–H and O–H groups in total. The minimum absolute atomic E-state index is 0.530. The van der Waals surface area contributed by atoms with Crippen molar-refractivity contribution < 1.29 is 14.6 Å². The first-order valence-electron chi connectivity index (χ1n) is 7.27. The summed E-state index contributed by atoms with van der Waals surface area (Å²) >= 11 is 0. The standard InChI is InChI=1S/C16H24O3/c1-3-18-16(19-4-2)15(17)14-10-8-13(9-11-14)12-6-5-7-12/h8-12,15-17H,3-7H2,1-2H3. The molecule has 2 rings (SSSR count). The maximum Gasteiger partial charge on any atom is 0.187 e. The quantitative estimate of drug-likeness (QED) is 0.767. The summed E-state index contributed by atoms with van der Waals surface area (Å²) in [5.74, 6) is 0.723. The molecular formula is C16H24O3. The summed E-state index contributed by atoms with van der Waals surface area (Å²) in [4.78, 5) is 0. The monoisotopic (exact) mass is 264 g/mol. The molecule has 1 unspecified atom stereocenters. The summed E-state index contributed by atoms with van der Waals surface area (Å²) in [5.41, 5.74) is 2.24. The molecule has 1 aromatic carbocycles. The lowest BCUT2D eigenvalue weighted by Gasteiger charge is -2.27. The van der Waals surface area contributed by atoms with Gasteiger partial charge in [0.2, 0.25) is 0 Å². The Kier molecular flexibility index (Phi) is 5.37. The predicted molar refractivity (Wildman–Crippen MR) is 75.0 cm³/mol. The molecule has 19 heavy (non-hydrogen) atoms. The summed E-state index contributed by atoms with van der Waals surface area (Å²) < 4.78 is 10.9. The van der Waals surface area contributed by atoms with Gasteiger partial charge in [0.25, 0.3) is 0 Å². The predicted octanol–water partition coefficient (Wildman–Crippen LogP) is 3.39. The molecule has 1 saturated carbocycles. The molecule has 0 heterocycles. The van der Waals surface area contributed by atoms with Crippen molar-refractivity contribution in [3.8, 4) is 0 Å². The van der Waals surface area contributed by atoms with Gasteiger partial charge in [-0.05, 0) is 43.7 Å². The molecule has 3 nitrogen and oxygen atoms in total. The van der Waals surface area contributed by atoms with Gasteiger partial charge in [0.1, 0.15) is 6.10 Å². The van der Waals surface area contributed by atoms with Crippen LogP contribution in [0.3, 0.4) is 0 Å². The zero-order valence-corrected chi connectivity index (χ0v) is 11.8. The first-order valence-corrected chi connectivity index (χ1v) is 7.27. The minimum atomic E-state index is -0.727. The topological polar surface area (TPSA) is 38.7 Å². The molecule has 1 aliphatic rings. The maximum absolute atomic E-state index is 10.3. The van der Waals surface area contributed by atoms with Gasteiger partial charge in [-0.3, -0.25) is 0 Å². The zero-order chi connectivity index (χ0) is 13.7. The number of aliphatic hydroxyl groups is 1. The number of benzene rings is 1. The second-order valence-corrected chi connectivity index (χ2v) is 5.02. The minimum Gasteiger partial charge on any atom is -0.383 e. The van der Waals surface area contributed by atoms with Gasteiger partial charge >= 0.3 is 0 Å². The Morgan fingerprint density at radius 3 is 2.11 bits per heavy atom. The third-order valence-electron chi connectivity index (χ3n) is 3.77. The second-order valence-electron chi connectivity index (χ2n) is 5.02. The van der Waals surface area contributed by atoms with Crippen LogP contribution in [-0.4, -0.2) is 24.6 Å². The van der Waals surface area contributed by atoms with E-state index in [1.807, 2.05) is 26.0 Å². The summed E-state index contributed by atoms with van der Waals surface area (Å²) in [5, 5.41) is 10.3. The van der Waals surface area contributed by atoms with Crippen LogP contribution in [0.15, 0.2) is 24.3 Å². The molecule has 1 atom stereocenters. The van der Waals surface area contributed by atoms with Crippen molar-refractivity contribution in [3.05, 3.63) is 35.4 Å². The van der Waals surface area contributed by atoms with Gasteiger partial charge in [-0.2, -0.15) is 0 Å². The van der Waals surface area contributed by atoms with Gasteiger partial charge in [-0.15, -0.1) is 0 Å². The molecule has 0 radical (unpaired) electrons. The normalized spacial score (nSPS) is 17.5. The van der Waals surface area contributed by atoms with E-state index in [9.17, 15) is 5.11 Å². The third-order valence-corrected chi connectivity index (χ3v) is 3.77. The number of ether oxygens (including phenoxy) is 2. The number of hydrogen-bond acceptors (Lipinski definition) is 3. The van der Waals surface area contributed by atoms with Crippen molar-refractivity contribution in [2.45, 2.75) is 51.4 Å². The Morgan fingerprint density at radius 1 is 1.11 bits per heavy atom. The molecule has 3 heteroatoms. The van der Waals surface area contributed by atoms with E-state index < -0.39 is 12.4 Å². The average Bonchev–Trinajstić information content (AvgIpc) is 2.37. The molecule has 0 amide bonds. The highest BCUT2D eigenvalue weighted by Crippen LogP contribution is 2.36.